The first-order valence-corrected chi connectivity index (χ1v) is 8.68. The molecule has 0 radical (unpaired) electrons. The van der Waals surface area contributed by atoms with E-state index in [0.29, 0.717) is 39.1 Å². The lowest BCUT2D eigenvalue weighted by Crippen LogP contribution is -2.48. The van der Waals surface area contributed by atoms with Gasteiger partial charge in [-0.25, -0.2) is 13.2 Å². The van der Waals surface area contributed by atoms with Gasteiger partial charge in [-0.15, -0.1) is 11.3 Å². The van der Waals surface area contributed by atoms with Crippen LogP contribution in [0.15, 0.2) is 16.3 Å². The van der Waals surface area contributed by atoms with Gasteiger partial charge in [-0.1, -0.05) is 0 Å². The normalized spacial score (nSPS) is 17.5. The quantitative estimate of drug-likeness (QED) is 0.852. The van der Waals surface area contributed by atoms with Gasteiger partial charge < -0.3 is 5.11 Å². The molecule has 0 aliphatic carbocycles. The van der Waals surface area contributed by atoms with Crippen LogP contribution < -0.4 is 0 Å². The molecule has 0 aromatic carbocycles. The Morgan fingerprint density at radius 3 is 2.57 bits per heavy atom. The van der Waals surface area contributed by atoms with Crippen LogP contribution in [0, 0.1) is 11.3 Å². The van der Waals surface area contributed by atoms with Crippen molar-refractivity contribution >= 4 is 27.3 Å². The van der Waals surface area contributed by atoms with E-state index in [1.54, 1.807) is 0 Å². The molecule has 0 atom stereocenters. The fourth-order valence-electron chi connectivity index (χ4n) is 2.12. The summed E-state index contributed by atoms with van der Waals surface area (Å²) in [6.45, 7) is 2.51. The number of aromatic carboxylic acids is 1. The molecule has 1 N–H and O–H groups in total. The molecule has 21 heavy (non-hydrogen) atoms. The van der Waals surface area contributed by atoms with Gasteiger partial charge in [0.15, 0.2) is 0 Å². The van der Waals surface area contributed by atoms with Crippen LogP contribution in [0.2, 0.25) is 0 Å². The summed E-state index contributed by atoms with van der Waals surface area (Å²) in [4.78, 5) is 12.9. The molecule has 9 heteroatoms. The highest BCUT2D eigenvalue weighted by Gasteiger charge is 2.29. The minimum atomic E-state index is -3.63. The first-order valence-electron chi connectivity index (χ1n) is 6.36. The molecule has 0 bridgehead atoms. The summed E-state index contributed by atoms with van der Waals surface area (Å²) in [6, 6.07) is 3.27. The molecular weight excluding hydrogens is 314 g/mol. The van der Waals surface area contributed by atoms with Crippen LogP contribution in [0.3, 0.4) is 0 Å². The van der Waals surface area contributed by atoms with Crippen molar-refractivity contribution in [3.05, 3.63) is 16.3 Å². The molecule has 1 aromatic heterocycles. The zero-order valence-corrected chi connectivity index (χ0v) is 12.9. The van der Waals surface area contributed by atoms with E-state index < -0.39 is 16.0 Å². The predicted molar refractivity (Wildman–Crippen MR) is 76.7 cm³/mol. The largest absolute Gasteiger partial charge is 0.477 e. The fourth-order valence-corrected chi connectivity index (χ4v) is 4.64. The minimum Gasteiger partial charge on any atom is -0.477 e. The van der Waals surface area contributed by atoms with Gasteiger partial charge in [-0.05, 0) is 6.07 Å². The number of hydrogen-bond donors (Lipinski definition) is 1. The third kappa shape index (κ3) is 3.59. The van der Waals surface area contributed by atoms with Gasteiger partial charge in [0.25, 0.3) is 0 Å². The maximum absolute atomic E-state index is 12.4. The molecule has 0 saturated carbocycles. The molecule has 0 unspecified atom stereocenters. The Kier molecular flexibility index (Phi) is 4.95. The first kappa shape index (κ1) is 15.9. The predicted octanol–water partition coefficient (Wildman–Crippen LogP) is 0.666. The summed E-state index contributed by atoms with van der Waals surface area (Å²) in [7, 11) is -3.63. The standard InChI is InChI=1S/C12H15N3O4S2/c13-2-1-3-14-4-6-15(7-5-14)21(18,19)10-8-11(12(16)17)20-9-10/h8-9H,1,3-7H2,(H,16,17). The summed E-state index contributed by atoms with van der Waals surface area (Å²) < 4.78 is 26.2. The van der Waals surface area contributed by atoms with Gasteiger partial charge in [0, 0.05) is 44.5 Å². The molecule has 114 valence electrons. The van der Waals surface area contributed by atoms with Gasteiger partial charge in [0.05, 0.1) is 11.0 Å². The Morgan fingerprint density at radius 1 is 1.38 bits per heavy atom. The fraction of sp³-hybridized carbons (Fsp3) is 0.500. The second kappa shape index (κ2) is 6.53. The van der Waals surface area contributed by atoms with Crippen molar-refractivity contribution in [1.82, 2.24) is 9.21 Å². The van der Waals surface area contributed by atoms with Crippen LogP contribution >= 0.6 is 11.3 Å². The van der Waals surface area contributed by atoms with E-state index in [9.17, 15) is 13.2 Å². The van der Waals surface area contributed by atoms with Gasteiger partial charge in [0.2, 0.25) is 10.0 Å². The molecule has 1 saturated heterocycles. The van der Waals surface area contributed by atoms with Crippen LogP contribution in [0.1, 0.15) is 16.1 Å². The highest BCUT2D eigenvalue weighted by Crippen LogP contribution is 2.23. The number of sulfonamides is 1. The van der Waals surface area contributed by atoms with Crippen molar-refractivity contribution in [2.75, 3.05) is 32.7 Å². The maximum Gasteiger partial charge on any atom is 0.345 e. The van der Waals surface area contributed by atoms with Crippen molar-refractivity contribution < 1.29 is 18.3 Å². The Balaban J connectivity index is 2.04. The molecular formula is C12H15N3O4S2. The van der Waals surface area contributed by atoms with E-state index in [2.05, 4.69) is 6.07 Å². The second-order valence-corrected chi connectivity index (χ2v) is 7.45. The number of nitrogens with zero attached hydrogens (tertiary/aromatic N) is 3. The number of nitriles is 1. The minimum absolute atomic E-state index is 0.0150. The SMILES string of the molecule is N#CCCN1CCN(S(=O)(=O)c2csc(C(=O)O)c2)CC1. The van der Waals surface area contributed by atoms with Crippen LogP contribution in [0.5, 0.6) is 0 Å². The highest BCUT2D eigenvalue weighted by atomic mass is 32.2. The molecule has 1 aliphatic heterocycles. The van der Waals surface area contributed by atoms with Crippen LogP contribution in [0.4, 0.5) is 0 Å². The smallest absolute Gasteiger partial charge is 0.345 e. The summed E-state index contributed by atoms with van der Waals surface area (Å²) in [6.07, 6.45) is 0.430. The zero-order chi connectivity index (χ0) is 15.5. The van der Waals surface area contributed by atoms with Crippen molar-refractivity contribution in [3.8, 4) is 6.07 Å². The lowest BCUT2D eigenvalue weighted by Gasteiger charge is -2.33. The van der Waals surface area contributed by atoms with Crippen LogP contribution in [0.25, 0.3) is 0 Å². The first-order chi connectivity index (χ1) is 9.95. The van der Waals surface area contributed by atoms with Gasteiger partial charge in [0.1, 0.15) is 4.88 Å². The third-order valence-corrected chi connectivity index (χ3v) is 6.24. The highest BCUT2D eigenvalue weighted by molar-refractivity contribution is 7.89. The Bertz CT molecular complexity index is 654. The third-order valence-electron chi connectivity index (χ3n) is 3.30. The molecule has 2 heterocycles. The number of carbonyl (C=O) groups is 1. The number of hydrogen-bond acceptors (Lipinski definition) is 6. The average molecular weight is 329 g/mol. The molecule has 1 aromatic rings. The van der Waals surface area contributed by atoms with Gasteiger partial charge >= 0.3 is 5.97 Å². The van der Waals surface area contributed by atoms with Crippen molar-refractivity contribution in [3.63, 3.8) is 0 Å². The van der Waals surface area contributed by atoms with Crippen molar-refractivity contribution in [2.45, 2.75) is 11.3 Å². The summed E-state index contributed by atoms with van der Waals surface area (Å²) in [5.41, 5.74) is 0. The van der Waals surface area contributed by atoms with E-state index >= 15 is 0 Å². The Morgan fingerprint density at radius 2 is 2.05 bits per heavy atom. The van der Waals surface area contributed by atoms with Gasteiger partial charge in [-0.2, -0.15) is 9.57 Å². The topological polar surface area (TPSA) is 102 Å². The summed E-state index contributed by atoms with van der Waals surface area (Å²) in [5.74, 6) is -1.12. The lowest BCUT2D eigenvalue weighted by molar-refractivity contribution is 0.0702. The number of thiophene rings is 1. The molecule has 0 spiro atoms. The molecule has 0 amide bonds. The number of piperazine rings is 1. The van der Waals surface area contributed by atoms with E-state index in [0.717, 1.165) is 11.3 Å². The van der Waals surface area contributed by atoms with E-state index in [-0.39, 0.29) is 9.77 Å². The number of rotatable bonds is 5. The molecule has 7 nitrogen and oxygen atoms in total. The maximum atomic E-state index is 12.4. The zero-order valence-electron chi connectivity index (χ0n) is 11.2. The Hall–Kier alpha value is -1.47. The molecule has 1 fully saturated rings. The van der Waals surface area contributed by atoms with E-state index in [1.165, 1.54) is 15.8 Å². The Labute approximate surface area is 127 Å². The monoisotopic (exact) mass is 329 g/mol. The van der Waals surface area contributed by atoms with Gasteiger partial charge in [-0.3, -0.25) is 4.90 Å². The van der Waals surface area contributed by atoms with Crippen LogP contribution in [-0.4, -0.2) is 61.4 Å². The lowest BCUT2D eigenvalue weighted by atomic mass is 10.3. The molecule has 1 aliphatic rings. The second-order valence-electron chi connectivity index (χ2n) is 4.61. The van der Waals surface area contributed by atoms with E-state index in [4.69, 9.17) is 10.4 Å². The van der Waals surface area contributed by atoms with Crippen LogP contribution in [-0.2, 0) is 10.0 Å². The van der Waals surface area contributed by atoms with Crippen molar-refractivity contribution in [1.29, 1.82) is 5.26 Å². The molecule has 2 rings (SSSR count). The average Bonchev–Trinajstić information content (AvgIpc) is 2.96. The summed E-state index contributed by atoms with van der Waals surface area (Å²) in [5, 5.41) is 18.8. The number of carboxylic acid groups (broad SMARTS) is 1. The van der Waals surface area contributed by atoms with E-state index in [1.807, 2.05) is 4.90 Å². The summed E-state index contributed by atoms with van der Waals surface area (Å²) >= 11 is 0.908. The van der Waals surface area contributed by atoms with Crippen molar-refractivity contribution in [2.24, 2.45) is 0 Å². The number of carboxylic acids is 1.